The standard InChI is InChI=1S/C46H78NO7P/c1-5-6-7-8-9-10-11-12-13-14-15-16-17-18-19-20-21-22-23-24-25-26-27-28-29-30-31-32-33-34-35-36-37-38-39-40-46(49)52-43-45(48)44-54-55(50,51)53-42-41-47(2,3)4/h6-7,9-10,12-13,15-16,18-19,21-22,24-25,27-28,45,48H,5,8,11,14,17,20,23,26,29-44H2,1-4H3/b7-6-,10-9-,13-12-,16-15-,19-18-,22-21-,25-24-,28-27-. The largest absolute Gasteiger partial charge is 0.756 e. The zero-order valence-corrected chi connectivity index (χ0v) is 36.0. The van der Waals surface area contributed by atoms with Crippen molar-refractivity contribution in [3.05, 3.63) is 97.2 Å². The minimum atomic E-state index is -4.51. The Balaban J connectivity index is 3.55. The van der Waals surface area contributed by atoms with Gasteiger partial charge < -0.3 is 28.3 Å². The minimum Gasteiger partial charge on any atom is -0.756 e. The Bertz CT molecular complexity index is 1190. The smallest absolute Gasteiger partial charge is 0.305 e. The number of allylic oxidation sites excluding steroid dienone is 16. The Hall–Kier alpha value is -2.58. The molecule has 9 heteroatoms. The van der Waals surface area contributed by atoms with E-state index in [0.29, 0.717) is 11.0 Å². The quantitative estimate of drug-likeness (QED) is 0.0220. The van der Waals surface area contributed by atoms with Crippen LogP contribution in [0.15, 0.2) is 97.2 Å². The number of unbranched alkanes of at least 4 members (excludes halogenated alkanes) is 10. The van der Waals surface area contributed by atoms with Gasteiger partial charge in [0.25, 0.3) is 7.82 Å². The van der Waals surface area contributed by atoms with Gasteiger partial charge >= 0.3 is 5.97 Å². The normalized spacial score (nSPS) is 14.8. The number of phosphoric acid groups is 1. The third-order valence-electron chi connectivity index (χ3n) is 8.35. The first kappa shape index (κ1) is 52.4. The number of aliphatic hydroxyl groups is 1. The molecule has 0 aliphatic carbocycles. The van der Waals surface area contributed by atoms with Crippen LogP contribution < -0.4 is 4.89 Å². The van der Waals surface area contributed by atoms with Crippen LogP contribution in [0, 0.1) is 0 Å². The molecule has 0 heterocycles. The molecule has 0 bridgehead atoms. The maximum atomic E-state index is 11.9. The van der Waals surface area contributed by atoms with Crippen LogP contribution in [0.4, 0.5) is 0 Å². The zero-order valence-electron chi connectivity index (χ0n) is 35.1. The minimum absolute atomic E-state index is 0.0133. The number of ether oxygens (including phenoxy) is 1. The van der Waals surface area contributed by atoms with E-state index in [9.17, 15) is 19.4 Å². The van der Waals surface area contributed by atoms with Gasteiger partial charge in [0.2, 0.25) is 0 Å². The van der Waals surface area contributed by atoms with E-state index in [1.54, 1.807) is 0 Å². The fraction of sp³-hybridized carbons (Fsp3) is 0.630. The van der Waals surface area contributed by atoms with Crippen molar-refractivity contribution in [2.75, 3.05) is 47.5 Å². The first-order valence-corrected chi connectivity index (χ1v) is 22.5. The van der Waals surface area contributed by atoms with Gasteiger partial charge in [-0.15, -0.1) is 0 Å². The summed E-state index contributed by atoms with van der Waals surface area (Å²) in [5.74, 6) is -0.397. The third-order valence-corrected chi connectivity index (χ3v) is 9.31. The highest BCUT2D eigenvalue weighted by atomic mass is 31.2. The lowest BCUT2D eigenvalue weighted by atomic mass is 10.1. The van der Waals surface area contributed by atoms with Crippen molar-refractivity contribution < 1.29 is 37.6 Å². The number of nitrogens with zero attached hydrogens (tertiary/aromatic N) is 1. The van der Waals surface area contributed by atoms with Gasteiger partial charge in [0.15, 0.2) is 0 Å². The summed E-state index contributed by atoms with van der Waals surface area (Å²) >= 11 is 0. The molecule has 8 nitrogen and oxygen atoms in total. The molecule has 0 amide bonds. The Morgan fingerprint density at radius 3 is 1.38 bits per heavy atom. The van der Waals surface area contributed by atoms with Gasteiger partial charge in [0, 0.05) is 6.42 Å². The molecule has 55 heavy (non-hydrogen) atoms. The average Bonchev–Trinajstić information content (AvgIpc) is 3.14. The Morgan fingerprint density at radius 1 is 0.582 bits per heavy atom. The first-order valence-electron chi connectivity index (χ1n) is 21.0. The lowest BCUT2D eigenvalue weighted by molar-refractivity contribution is -0.870. The van der Waals surface area contributed by atoms with E-state index in [2.05, 4.69) is 109 Å². The Morgan fingerprint density at radius 2 is 0.964 bits per heavy atom. The molecule has 0 spiro atoms. The van der Waals surface area contributed by atoms with Crippen molar-refractivity contribution in [2.45, 2.75) is 141 Å². The topological polar surface area (TPSA) is 105 Å². The number of phosphoric ester groups is 1. The van der Waals surface area contributed by atoms with Crippen molar-refractivity contribution in [3.8, 4) is 0 Å². The molecule has 0 rings (SSSR count). The highest BCUT2D eigenvalue weighted by Crippen LogP contribution is 2.38. The summed E-state index contributed by atoms with van der Waals surface area (Å²) in [6, 6.07) is 0. The molecule has 0 aromatic heterocycles. The van der Waals surface area contributed by atoms with E-state index < -0.39 is 26.5 Å². The molecule has 1 N–H and O–H groups in total. The number of hydrogen-bond donors (Lipinski definition) is 1. The van der Waals surface area contributed by atoms with Crippen LogP contribution in [0.5, 0.6) is 0 Å². The van der Waals surface area contributed by atoms with Gasteiger partial charge in [-0.2, -0.15) is 0 Å². The summed E-state index contributed by atoms with van der Waals surface area (Å²) in [7, 11) is 1.23. The van der Waals surface area contributed by atoms with E-state index in [0.717, 1.165) is 77.0 Å². The average molecular weight is 788 g/mol. The van der Waals surface area contributed by atoms with Crippen molar-refractivity contribution >= 4 is 13.8 Å². The van der Waals surface area contributed by atoms with Crippen LogP contribution in [-0.2, 0) is 23.1 Å². The summed E-state index contributed by atoms with van der Waals surface area (Å²) < 4.78 is 26.8. The molecular formula is C46H78NO7P. The maximum Gasteiger partial charge on any atom is 0.305 e. The molecule has 0 aliphatic heterocycles. The third kappa shape index (κ3) is 44.0. The Kier molecular flexibility index (Phi) is 36.5. The van der Waals surface area contributed by atoms with Gasteiger partial charge in [0.05, 0.1) is 27.7 Å². The highest BCUT2D eigenvalue weighted by Gasteiger charge is 2.16. The number of quaternary nitrogens is 1. The van der Waals surface area contributed by atoms with E-state index in [4.69, 9.17) is 9.26 Å². The zero-order chi connectivity index (χ0) is 40.6. The number of likely N-dealkylation sites (N-methyl/N-ethyl adjacent to an activating group) is 1. The summed E-state index contributed by atoms with van der Waals surface area (Å²) in [5.41, 5.74) is 0. The van der Waals surface area contributed by atoms with Crippen LogP contribution in [-0.4, -0.2) is 69.2 Å². The number of rotatable bonds is 37. The molecule has 0 fully saturated rings. The van der Waals surface area contributed by atoms with Gasteiger partial charge in [-0.05, 0) is 70.6 Å². The van der Waals surface area contributed by atoms with Crippen molar-refractivity contribution in [1.29, 1.82) is 0 Å². The molecule has 0 saturated heterocycles. The molecule has 314 valence electrons. The summed E-state index contributed by atoms with van der Waals surface area (Å²) in [6.07, 6.45) is 55.7. The van der Waals surface area contributed by atoms with Crippen LogP contribution in [0.25, 0.3) is 0 Å². The maximum absolute atomic E-state index is 11.9. The SMILES string of the molecule is CC/C=C\C/C=C\C/C=C\C/C=C\C/C=C\C/C=C\C/C=C\C/C=C\CCCCCCCCCCCCC(=O)OCC(O)COP(=O)([O-])OCC[N+](C)(C)C. The van der Waals surface area contributed by atoms with Crippen LogP contribution in [0.1, 0.15) is 135 Å². The molecule has 0 radical (unpaired) electrons. The second kappa shape index (κ2) is 38.3. The number of aliphatic hydroxyl groups excluding tert-OH is 1. The first-order chi connectivity index (χ1) is 26.6. The molecule has 0 aliphatic rings. The van der Waals surface area contributed by atoms with E-state index >= 15 is 0 Å². The van der Waals surface area contributed by atoms with E-state index in [1.807, 2.05) is 21.1 Å². The van der Waals surface area contributed by atoms with E-state index in [-0.39, 0.29) is 19.6 Å². The van der Waals surface area contributed by atoms with Gasteiger partial charge in [-0.25, -0.2) is 0 Å². The molecule has 2 unspecified atom stereocenters. The summed E-state index contributed by atoms with van der Waals surface area (Å²) in [4.78, 5) is 23.7. The van der Waals surface area contributed by atoms with Gasteiger partial charge in [0.1, 0.15) is 25.9 Å². The number of carbonyl (C=O) groups excluding carboxylic acids is 1. The number of esters is 1. The monoisotopic (exact) mass is 788 g/mol. The highest BCUT2D eigenvalue weighted by molar-refractivity contribution is 7.45. The molecule has 0 aromatic rings. The van der Waals surface area contributed by atoms with Crippen LogP contribution in [0.3, 0.4) is 0 Å². The molecule has 2 atom stereocenters. The lowest BCUT2D eigenvalue weighted by Gasteiger charge is -2.27. The fourth-order valence-electron chi connectivity index (χ4n) is 5.08. The van der Waals surface area contributed by atoms with E-state index in [1.165, 1.54) is 44.9 Å². The van der Waals surface area contributed by atoms with Gasteiger partial charge in [-0.1, -0.05) is 156 Å². The lowest BCUT2D eigenvalue weighted by Crippen LogP contribution is -2.37. The summed E-state index contributed by atoms with van der Waals surface area (Å²) in [6.45, 7) is 1.81. The predicted octanol–water partition coefficient (Wildman–Crippen LogP) is 11.4. The van der Waals surface area contributed by atoms with Crippen molar-refractivity contribution in [1.82, 2.24) is 0 Å². The number of hydrogen-bond acceptors (Lipinski definition) is 7. The Labute approximate surface area is 336 Å². The number of carbonyl (C=O) groups is 1. The van der Waals surface area contributed by atoms with Gasteiger partial charge in [-0.3, -0.25) is 9.36 Å². The van der Waals surface area contributed by atoms with Crippen molar-refractivity contribution in [2.24, 2.45) is 0 Å². The fourth-order valence-corrected chi connectivity index (χ4v) is 5.81. The van der Waals surface area contributed by atoms with Crippen LogP contribution in [0.2, 0.25) is 0 Å². The predicted molar refractivity (Wildman–Crippen MR) is 231 cm³/mol. The van der Waals surface area contributed by atoms with Crippen molar-refractivity contribution in [3.63, 3.8) is 0 Å². The molecular weight excluding hydrogens is 709 g/mol. The molecule has 0 aromatic carbocycles. The molecule has 0 saturated carbocycles. The summed E-state index contributed by atoms with van der Waals surface area (Å²) in [5, 5.41) is 9.88. The second-order valence-corrected chi connectivity index (χ2v) is 16.2. The van der Waals surface area contributed by atoms with Crippen LogP contribution >= 0.6 is 7.82 Å². The second-order valence-electron chi connectivity index (χ2n) is 14.8.